The van der Waals surface area contributed by atoms with Gasteiger partial charge in [0.2, 0.25) is 0 Å². The molecule has 4 heteroatoms. The van der Waals surface area contributed by atoms with Gasteiger partial charge >= 0.3 is 0 Å². The molecule has 0 aliphatic carbocycles. The van der Waals surface area contributed by atoms with Crippen LogP contribution in [0.25, 0.3) is 0 Å². The molecule has 0 aliphatic heterocycles. The number of ether oxygens (including phenoxy) is 1. The summed E-state index contributed by atoms with van der Waals surface area (Å²) in [7, 11) is 1.61. The Labute approximate surface area is 126 Å². The molecular formula is C16H16BrFO2. The van der Waals surface area contributed by atoms with Gasteiger partial charge in [0.1, 0.15) is 11.6 Å². The first-order chi connectivity index (χ1) is 9.63. The lowest BCUT2D eigenvalue weighted by Crippen LogP contribution is -2.08. The van der Waals surface area contributed by atoms with Crippen LogP contribution in [0.15, 0.2) is 46.9 Å². The number of hydrogen-bond donors (Lipinski definition) is 1. The predicted octanol–water partition coefficient (Wildman–Crippen LogP) is 3.92. The minimum atomic E-state index is -0.281. The fourth-order valence-electron chi connectivity index (χ4n) is 2.17. The maximum atomic E-state index is 13.3. The van der Waals surface area contributed by atoms with Crippen LogP contribution in [0.4, 0.5) is 4.39 Å². The zero-order valence-electron chi connectivity index (χ0n) is 11.1. The molecule has 0 fully saturated rings. The van der Waals surface area contributed by atoms with Crippen LogP contribution in [0.2, 0.25) is 0 Å². The largest absolute Gasteiger partial charge is 0.496 e. The average molecular weight is 339 g/mol. The molecule has 1 N–H and O–H groups in total. The number of halogens is 2. The van der Waals surface area contributed by atoms with E-state index in [1.165, 1.54) is 12.1 Å². The van der Waals surface area contributed by atoms with Crippen molar-refractivity contribution in [3.05, 3.63) is 63.9 Å². The standard InChI is InChI=1S/C16H16BrFO2/c1-20-16-6-5-11(8-15(16)17)7-13(10-19)12-3-2-4-14(18)9-12/h2-6,8-9,13,19H,7,10H2,1H3. The molecule has 0 amide bonds. The fourth-order valence-corrected chi connectivity index (χ4v) is 2.76. The topological polar surface area (TPSA) is 29.5 Å². The summed E-state index contributed by atoms with van der Waals surface area (Å²) in [5.74, 6) is 0.364. The summed E-state index contributed by atoms with van der Waals surface area (Å²) in [5, 5.41) is 9.54. The highest BCUT2D eigenvalue weighted by molar-refractivity contribution is 9.10. The molecule has 2 rings (SSSR count). The first-order valence-corrected chi connectivity index (χ1v) is 7.12. The van der Waals surface area contributed by atoms with Gasteiger partial charge in [-0.2, -0.15) is 0 Å². The summed E-state index contributed by atoms with van der Waals surface area (Å²) in [4.78, 5) is 0. The second-order valence-electron chi connectivity index (χ2n) is 4.61. The van der Waals surface area contributed by atoms with Crippen molar-refractivity contribution < 1.29 is 14.2 Å². The zero-order chi connectivity index (χ0) is 14.5. The van der Waals surface area contributed by atoms with Crippen molar-refractivity contribution in [1.82, 2.24) is 0 Å². The third-order valence-electron chi connectivity index (χ3n) is 3.24. The van der Waals surface area contributed by atoms with Crippen LogP contribution in [0, 0.1) is 5.82 Å². The van der Waals surface area contributed by atoms with E-state index in [1.807, 2.05) is 24.3 Å². The lowest BCUT2D eigenvalue weighted by atomic mass is 9.92. The number of methoxy groups -OCH3 is 1. The van der Waals surface area contributed by atoms with Gasteiger partial charge in [0.05, 0.1) is 18.2 Å². The normalized spacial score (nSPS) is 12.2. The van der Waals surface area contributed by atoms with Crippen LogP contribution < -0.4 is 4.74 Å². The van der Waals surface area contributed by atoms with E-state index >= 15 is 0 Å². The Morgan fingerprint density at radius 3 is 2.65 bits per heavy atom. The molecule has 0 saturated carbocycles. The minimum Gasteiger partial charge on any atom is -0.496 e. The Morgan fingerprint density at radius 2 is 2.05 bits per heavy atom. The van der Waals surface area contributed by atoms with Gasteiger partial charge in [-0.15, -0.1) is 0 Å². The Bertz CT molecular complexity index is 586. The fraction of sp³-hybridized carbons (Fsp3) is 0.250. The number of aliphatic hydroxyl groups is 1. The van der Waals surface area contributed by atoms with Crippen LogP contribution in [0.1, 0.15) is 17.0 Å². The summed E-state index contributed by atoms with van der Waals surface area (Å²) in [5.41, 5.74) is 1.86. The molecule has 1 atom stereocenters. The molecule has 20 heavy (non-hydrogen) atoms. The van der Waals surface area contributed by atoms with Crippen molar-refractivity contribution in [3.63, 3.8) is 0 Å². The molecule has 0 bridgehead atoms. The van der Waals surface area contributed by atoms with Crippen LogP contribution in [-0.4, -0.2) is 18.8 Å². The van der Waals surface area contributed by atoms with Crippen LogP contribution in [0.3, 0.4) is 0 Å². The van der Waals surface area contributed by atoms with E-state index in [2.05, 4.69) is 15.9 Å². The summed E-state index contributed by atoms with van der Waals surface area (Å²) in [6, 6.07) is 12.2. The second kappa shape index (κ2) is 6.86. The first kappa shape index (κ1) is 15.0. The van der Waals surface area contributed by atoms with Gasteiger partial charge in [-0.1, -0.05) is 18.2 Å². The van der Waals surface area contributed by atoms with Gasteiger partial charge in [-0.25, -0.2) is 4.39 Å². The molecule has 0 spiro atoms. The van der Waals surface area contributed by atoms with E-state index in [4.69, 9.17) is 4.74 Å². The van der Waals surface area contributed by atoms with Gasteiger partial charge in [0.15, 0.2) is 0 Å². The lowest BCUT2D eigenvalue weighted by Gasteiger charge is -2.15. The molecular weight excluding hydrogens is 323 g/mol. The maximum Gasteiger partial charge on any atom is 0.133 e. The van der Waals surface area contributed by atoms with Gasteiger partial charge < -0.3 is 9.84 Å². The van der Waals surface area contributed by atoms with Crippen molar-refractivity contribution in [2.24, 2.45) is 0 Å². The summed E-state index contributed by atoms with van der Waals surface area (Å²) < 4.78 is 19.3. The summed E-state index contributed by atoms with van der Waals surface area (Å²) in [6.45, 7) is -0.0207. The molecule has 1 unspecified atom stereocenters. The van der Waals surface area contributed by atoms with Gasteiger partial charge in [-0.05, 0) is 57.7 Å². The van der Waals surface area contributed by atoms with E-state index in [0.29, 0.717) is 6.42 Å². The number of aliphatic hydroxyl groups excluding tert-OH is 1. The summed E-state index contributed by atoms with van der Waals surface area (Å²) in [6.07, 6.45) is 0.641. The predicted molar refractivity (Wildman–Crippen MR) is 80.6 cm³/mol. The Balaban J connectivity index is 2.20. The van der Waals surface area contributed by atoms with Crippen LogP contribution in [-0.2, 0) is 6.42 Å². The van der Waals surface area contributed by atoms with Gasteiger partial charge in [0, 0.05) is 5.92 Å². The van der Waals surface area contributed by atoms with Crippen molar-refractivity contribution in [2.75, 3.05) is 13.7 Å². The third-order valence-corrected chi connectivity index (χ3v) is 3.86. The Kier molecular flexibility index (Phi) is 5.15. The van der Waals surface area contributed by atoms with Crippen molar-refractivity contribution in [1.29, 1.82) is 0 Å². The van der Waals surface area contributed by atoms with Crippen molar-refractivity contribution in [3.8, 4) is 5.75 Å². The van der Waals surface area contributed by atoms with Crippen molar-refractivity contribution >= 4 is 15.9 Å². The van der Waals surface area contributed by atoms with Crippen molar-refractivity contribution in [2.45, 2.75) is 12.3 Å². The molecule has 0 saturated heterocycles. The van der Waals surface area contributed by atoms with Gasteiger partial charge in [0.25, 0.3) is 0 Å². The minimum absolute atomic E-state index is 0.0207. The lowest BCUT2D eigenvalue weighted by molar-refractivity contribution is 0.264. The van der Waals surface area contributed by atoms with E-state index in [-0.39, 0.29) is 18.3 Å². The van der Waals surface area contributed by atoms with Crippen LogP contribution in [0.5, 0.6) is 5.75 Å². The molecule has 0 radical (unpaired) electrons. The molecule has 2 nitrogen and oxygen atoms in total. The van der Waals surface area contributed by atoms with Crippen LogP contribution >= 0.6 is 15.9 Å². The first-order valence-electron chi connectivity index (χ1n) is 6.32. The number of hydrogen-bond acceptors (Lipinski definition) is 2. The highest BCUT2D eigenvalue weighted by Crippen LogP contribution is 2.28. The smallest absolute Gasteiger partial charge is 0.133 e. The Hall–Kier alpha value is -1.39. The average Bonchev–Trinajstić information content (AvgIpc) is 2.45. The number of benzene rings is 2. The van der Waals surface area contributed by atoms with E-state index in [0.717, 1.165) is 21.3 Å². The molecule has 2 aromatic rings. The maximum absolute atomic E-state index is 13.3. The summed E-state index contributed by atoms with van der Waals surface area (Å²) >= 11 is 3.44. The molecule has 2 aromatic carbocycles. The Morgan fingerprint density at radius 1 is 1.25 bits per heavy atom. The third kappa shape index (κ3) is 3.58. The molecule has 0 aliphatic rings. The SMILES string of the molecule is COc1ccc(CC(CO)c2cccc(F)c2)cc1Br. The van der Waals surface area contributed by atoms with E-state index in [1.54, 1.807) is 13.2 Å². The molecule has 106 valence electrons. The zero-order valence-corrected chi connectivity index (χ0v) is 12.7. The number of rotatable bonds is 5. The second-order valence-corrected chi connectivity index (χ2v) is 5.46. The van der Waals surface area contributed by atoms with Gasteiger partial charge in [-0.3, -0.25) is 0 Å². The molecule has 0 aromatic heterocycles. The van der Waals surface area contributed by atoms with E-state index in [9.17, 15) is 9.50 Å². The monoisotopic (exact) mass is 338 g/mol. The highest BCUT2D eigenvalue weighted by Gasteiger charge is 2.13. The van der Waals surface area contributed by atoms with E-state index < -0.39 is 0 Å². The quantitative estimate of drug-likeness (QED) is 0.895. The highest BCUT2D eigenvalue weighted by atomic mass is 79.9. The molecule has 0 heterocycles.